The summed E-state index contributed by atoms with van der Waals surface area (Å²) in [5.41, 5.74) is 3.14. The number of amides is 2. The van der Waals surface area contributed by atoms with Gasteiger partial charge >= 0.3 is 0 Å². The Kier molecular flexibility index (Phi) is 6.49. The fourth-order valence-corrected chi connectivity index (χ4v) is 2.87. The molecule has 3 aromatic rings. The minimum absolute atomic E-state index is 0.0495. The van der Waals surface area contributed by atoms with E-state index in [9.17, 15) is 14.7 Å². The number of ether oxygens (including phenoxy) is 2. The number of carbonyl (C=O) groups excluding carboxylic acids is 2. The molecule has 0 radical (unpaired) electrons. The van der Waals surface area contributed by atoms with Crippen molar-refractivity contribution in [2.24, 2.45) is 5.10 Å². The van der Waals surface area contributed by atoms with Crippen molar-refractivity contribution >= 4 is 28.8 Å². The Labute approximate surface area is 173 Å². The number of nitrogens with one attached hydrogen (secondary N) is 2. The number of rotatable bonds is 7. The number of phenols is 1. The predicted octanol–water partition coefficient (Wildman–Crippen LogP) is 2.44. The summed E-state index contributed by atoms with van der Waals surface area (Å²) in [6.07, 6.45) is 1.37. The van der Waals surface area contributed by atoms with E-state index in [0.717, 1.165) is 10.8 Å². The van der Waals surface area contributed by atoms with Gasteiger partial charge in [0.1, 0.15) is 5.75 Å². The zero-order chi connectivity index (χ0) is 21.5. The summed E-state index contributed by atoms with van der Waals surface area (Å²) < 4.78 is 10.3. The highest BCUT2D eigenvalue weighted by Gasteiger charge is 2.12. The number of methoxy groups -OCH3 is 2. The second-order valence-electron chi connectivity index (χ2n) is 6.27. The molecule has 0 aliphatic rings. The Bertz CT molecular complexity index is 1110. The Morgan fingerprint density at radius 1 is 1.03 bits per heavy atom. The van der Waals surface area contributed by atoms with Crippen LogP contribution in [0.15, 0.2) is 59.7 Å². The molecule has 8 heteroatoms. The molecule has 2 amide bonds. The van der Waals surface area contributed by atoms with Gasteiger partial charge < -0.3 is 19.9 Å². The third-order valence-electron chi connectivity index (χ3n) is 4.39. The summed E-state index contributed by atoms with van der Waals surface area (Å²) in [5.74, 6) is 0.00181. The van der Waals surface area contributed by atoms with Crippen LogP contribution in [0, 0.1) is 0 Å². The fourth-order valence-electron chi connectivity index (χ4n) is 2.87. The predicted molar refractivity (Wildman–Crippen MR) is 113 cm³/mol. The molecule has 3 rings (SSSR count). The standard InChI is InChI=1S/C22H21N3O5/c1-29-19-10-8-15(11-20(19)30-2)22(28)23-13-21(27)25-24-12-17-16-6-4-3-5-14(16)7-9-18(17)26/h3-12,26H,13H2,1-2H3,(H,23,28)(H,25,27)/b24-12-. The Morgan fingerprint density at radius 3 is 2.57 bits per heavy atom. The van der Waals surface area contributed by atoms with Crippen molar-refractivity contribution in [3.8, 4) is 17.2 Å². The molecule has 0 unspecified atom stereocenters. The van der Waals surface area contributed by atoms with E-state index in [1.54, 1.807) is 24.3 Å². The highest BCUT2D eigenvalue weighted by molar-refractivity contribution is 6.02. The van der Waals surface area contributed by atoms with Gasteiger partial charge in [-0.05, 0) is 35.0 Å². The third-order valence-corrected chi connectivity index (χ3v) is 4.39. The number of carbonyl (C=O) groups is 2. The Hall–Kier alpha value is -4.07. The van der Waals surface area contributed by atoms with Gasteiger partial charge in [-0.2, -0.15) is 5.10 Å². The first kappa shape index (κ1) is 20.7. The molecule has 0 saturated heterocycles. The van der Waals surface area contributed by atoms with Crippen molar-refractivity contribution in [2.45, 2.75) is 0 Å². The molecule has 0 spiro atoms. The van der Waals surface area contributed by atoms with Crippen molar-refractivity contribution in [3.05, 3.63) is 65.7 Å². The summed E-state index contributed by atoms with van der Waals surface area (Å²) >= 11 is 0. The van der Waals surface area contributed by atoms with E-state index in [1.807, 2.05) is 24.3 Å². The van der Waals surface area contributed by atoms with Gasteiger partial charge in [0.2, 0.25) is 0 Å². The molecule has 0 saturated carbocycles. The molecule has 0 fully saturated rings. The van der Waals surface area contributed by atoms with Gasteiger partial charge in [0, 0.05) is 11.1 Å². The van der Waals surface area contributed by atoms with Crippen LogP contribution in [-0.2, 0) is 4.79 Å². The smallest absolute Gasteiger partial charge is 0.259 e. The van der Waals surface area contributed by atoms with Crippen LogP contribution in [-0.4, -0.2) is 43.9 Å². The maximum absolute atomic E-state index is 12.2. The second-order valence-corrected chi connectivity index (χ2v) is 6.27. The van der Waals surface area contributed by atoms with Crippen LogP contribution in [0.1, 0.15) is 15.9 Å². The maximum Gasteiger partial charge on any atom is 0.259 e. The lowest BCUT2D eigenvalue weighted by atomic mass is 10.0. The summed E-state index contributed by atoms with van der Waals surface area (Å²) in [5, 5.41) is 18.2. The number of nitrogens with zero attached hydrogens (tertiary/aromatic N) is 1. The Balaban J connectivity index is 1.59. The topological polar surface area (TPSA) is 109 Å². The molecule has 0 aliphatic carbocycles. The van der Waals surface area contributed by atoms with Crippen LogP contribution in [0.5, 0.6) is 17.2 Å². The average molecular weight is 407 g/mol. The number of hydrogen-bond acceptors (Lipinski definition) is 6. The zero-order valence-corrected chi connectivity index (χ0v) is 16.5. The summed E-state index contributed by atoms with van der Waals surface area (Å²) in [6.45, 7) is -0.272. The third kappa shape index (κ3) is 4.67. The Morgan fingerprint density at radius 2 is 1.80 bits per heavy atom. The summed E-state index contributed by atoms with van der Waals surface area (Å²) in [4.78, 5) is 24.2. The van der Waals surface area contributed by atoms with Crippen LogP contribution in [0.4, 0.5) is 0 Å². The average Bonchev–Trinajstić information content (AvgIpc) is 2.78. The zero-order valence-electron chi connectivity index (χ0n) is 16.5. The lowest BCUT2D eigenvalue weighted by Crippen LogP contribution is -2.34. The maximum atomic E-state index is 12.2. The van der Waals surface area contributed by atoms with Crippen LogP contribution >= 0.6 is 0 Å². The van der Waals surface area contributed by atoms with Gasteiger partial charge in [-0.25, -0.2) is 5.43 Å². The van der Waals surface area contributed by atoms with E-state index in [-0.39, 0.29) is 12.3 Å². The largest absolute Gasteiger partial charge is 0.507 e. The molecule has 154 valence electrons. The van der Waals surface area contributed by atoms with E-state index in [4.69, 9.17) is 9.47 Å². The van der Waals surface area contributed by atoms with E-state index >= 15 is 0 Å². The van der Waals surface area contributed by atoms with Crippen molar-refractivity contribution in [1.29, 1.82) is 0 Å². The number of hydrogen-bond donors (Lipinski definition) is 3. The minimum Gasteiger partial charge on any atom is -0.507 e. The van der Waals surface area contributed by atoms with Crippen LogP contribution in [0.3, 0.4) is 0 Å². The van der Waals surface area contributed by atoms with Crippen molar-refractivity contribution in [1.82, 2.24) is 10.7 Å². The number of aromatic hydroxyl groups is 1. The monoisotopic (exact) mass is 407 g/mol. The molecular formula is C22H21N3O5. The second kappa shape index (κ2) is 9.42. The fraction of sp³-hybridized carbons (Fsp3) is 0.136. The van der Waals surface area contributed by atoms with Gasteiger partial charge in [0.15, 0.2) is 11.5 Å². The first-order valence-corrected chi connectivity index (χ1v) is 9.06. The van der Waals surface area contributed by atoms with E-state index in [0.29, 0.717) is 22.6 Å². The van der Waals surface area contributed by atoms with Crippen molar-refractivity contribution in [3.63, 3.8) is 0 Å². The number of benzene rings is 3. The minimum atomic E-state index is -0.514. The molecule has 0 heterocycles. The highest BCUT2D eigenvalue weighted by Crippen LogP contribution is 2.27. The van der Waals surface area contributed by atoms with Crippen LogP contribution < -0.4 is 20.2 Å². The number of phenolic OH excluding ortho intramolecular Hbond substituents is 1. The van der Waals surface area contributed by atoms with Gasteiger partial charge in [-0.3, -0.25) is 9.59 Å². The van der Waals surface area contributed by atoms with E-state index < -0.39 is 11.8 Å². The number of fused-ring (bicyclic) bond motifs is 1. The van der Waals surface area contributed by atoms with Crippen LogP contribution in [0.2, 0.25) is 0 Å². The first-order chi connectivity index (χ1) is 14.5. The molecule has 3 aromatic carbocycles. The highest BCUT2D eigenvalue weighted by atomic mass is 16.5. The van der Waals surface area contributed by atoms with Crippen molar-refractivity contribution in [2.75, 3.05) is 20.8 Å². The van der Waals surface area contributed by atoms with E-state index in [1.165, 1.54) is 26.5 Å². The molecular weight excluding hydrogens is 386 g/mol. The number of hydrazone groups is 1. The molecule has 0 aliphatic heterocycles. The molecule has 0 aromatic heterocycles. The summed E-state index contributed by atoms with van der Waals surface area (Å²) in [6, 6.07) is 15.6. The van der Waals surface area contributed by atoms with Gasteiger partial charge in [-0.1, -0.05) is 30.3 Å². The van der Waals surface area contributed by atoms with Gasteiger partial charge in [0.25, 0.3) is 11.8 Å². The lowest BCUT2D eigenvalue weighted by Gasteiger charge is -2.09. The van der Waals surface area contributed by atoms with Crippen molar-refractivity contribution < 1.29 is 24.2 Å². The van der Waals surface area contributed by atoms with E-state index in [2.05, 4.69) is 15.8 Å². The van der Waals surface area contributed by atoms with Gasteiger partial charge in [0.05, 0.1) is 27.0 Å². The molecule has 0 bridgehead atoms. The molecule has 8 nitrogen and oxygen atoms in total. The van der Waals surface area contributed by atoms with Crippen LogP contribution in [0.25, 0.3) is 10.8 Å². The molecule has 0 atom stereocenters. The quantitative estimate of drug-likeness (QED) is 0.412. The SMILES string of the molecule is COc1ccc(C(=O)NCC(=O)N/N=C\c2c(O)ccc3ccccc23)cc1OC. The molecule has 3 N–H and O–H groups in total. The van der Waals surface area contributed by atoms with Gasteiger partial charge in [-0.15, -0.1) is 0 Å². The normalized spacial score (nSPS) is 10.7. The summed E-state index contributed by atoms with van der Waals surface area (Å²) in [7, 11) is 2.97. The first-order valence-electron chi connectivity index (χ1n) is 9.06. The molecule has 30 heavy (non-hydrogen) atoms. The lowest BCUT2D eigenvalue weighted by molar-refractivity contribution is -0.120.